The molecule has 0 rings (SSSR count). The lowest BCUT2D eigenvalue weighted by molar-refractivity contribution is 5.75. The fraction of sp³-hybridized carbons (Fsp3) is 0. The summed E-state index contributed by atoms with van der Waals surface area (Å²) < 4.78 is 0. The summed E-state index contributed by atoms with van der Waals surface area (Å²) in [7, 11) is 0. The van der Waals surface area contributed by atoms with E-state index in [0.29, 0.717) is 0 Å². The van der Waals surface area contributed by atoms with E-state index in [-0.39, 0.29) is 62.5 Å². The Hall–Kier alpha value is 1.06. The highest BCUT2D eigenvalue weighted by atomic mass is 35.5. The summed E-state index contributed by atoms with van der Waals surface area (Å²) in [5.74, 6) is 0. The van der Waals surface area contributed by atoms with E-state index in [4.69, 9.17) is 0 Å². The van der Waals surface area contributed by atoms with Gasteiger partial charge >= 0.3 is 0 Å². The minimum absolute atomic E-state index is 0. The molecule has 0 aliphatic heterocycles. The molecule has 0 aromatic heterocycles. The highest BCUT2D eigenvalue weighted by Gasteiger charge is 0.00206. The minimum Gasteiger partial charge on any atom is -0.147 e. The Morgan fingerprint density at radius 3 is 0.333 bits per heavy atom. The zero-order chi connectivity index (χ0) is 0. The summed E-state index contributed by atoms with van der Waals surface area (Å²) in [5, 5.41) is 0. The van der Waals surface area contributed by atoms with Gasteiger partial charge in [-0.3, -0.25) is 0 Å². The average Bonchev–Trinajstić information content (AvgIpc) is 0. The van der Waals surface area contributed by atoms with Crippen LogP contribution in [0.2, 0.25) is 0 Å². The van der Waals surface area contributed by atoms with Crippen molar-refractivity contribution in [1.82, 2.24) is 0 Å². The van der Waals surface area contributed by atoms with Gasteiger partial charge in [0.05, 0.1) is 0 Å². The van der Waals surface area contributed by atoms with E-state index in [1.165, 1.54) is 0 Å². The second-order valence-corrected chi connectivity index (χ2v) is 0. The first-order valence-corrected chi connectivity index (χ1v) is 0. The van der Waals surface area contributed by atoms with Crippen LogP contribution >= 0.6 is 37.2 Å². The van der Waals surface area contributed by atoms with Crippen LogP contribution in [0.3, 0.4) is 0 Å². The normalized spacial score (nSPS) is 0. The summed E-state index contributed by atoms with van der Waals surface area (Å²) in [6.07, 6.45) is 0. The van der Waals surface area contributed by atoms with Crippen molar-refractivity contribution in [3.05, 3.63) is 0 Å². The van der Waals surface area contributed by atoms with Crippen molar-refractivity contribution in [1.29, 1.82) is 0 Å². The molecule has 0 heterocycles. The van der Waals surface area contributed by atoms with Gasteiger partial charge in [0.25, 0.3) is 0 Å². The van der Waals surface area contributed by atoms with Gasteiger partial charge in [-0.05, 0) is 0 Å². The predicted molar refractivity (Wildman–Crippen MR) is 39.0 cm³/mol. The molecule has 0 fully saturated rings. The van der Waals surface area contributed by atoms with Gasteiger partial charge in [0.15, 0.2) is 0 Å². The average molecular weight is 142 g/mol. The monoisotopic (exact) mass is 141 g/mol. The number of hydrogen-bond acceptors (Lipinski definition) is 0. The summed E-state index contributed by atoms with van der Waals surface area (Å²) in [5.41, 5.74) is 0. The Morgan fingerprint density at radius 1 is 0.333 bits per heavy atom. The summed E-state index contributed by atoms with van der Waals surface area (Å²) >= 11 is 0. The SMILES string of the molecule is Cl.Cl.Cl.[B].[B].[B]. The van der Waals surface area contributed by atoms with Crippen molar-refractivity contribution >= 4 is 62.5 Å². The highest BCUT2D eigenvalue weighted by molar-refractivity contribution is 5.86. The van der Waals surface area contributed by atoms with E-state index in [9.17, 15) is 0 Å². The Balaban J connectivity index is 0. The second-order valence-electron chi connectivity index (χ2n) is 0. The van der Waals surface area contributed by atoms with Crippen molar-refractivity contribution in [2.24, 2.45) is 0 Å². The van der Waals surface area contributed by atoms with Crippen molar-refractivity contribution in [3.63, 3.8) is 0 Å². The minimum atomic E-state index is 0. The first kappa shape index (κ1) is 229. The van der Waals surface area contributed by atoms with Gasteiger partial charge in [-0.15, -0.1) is 37.2 Å². The maximum absolute atomic E-state index is 0. The Labute approximate surface area is 62.8 Å². The molecule has 0 aliphatic carbocycles. The third-order valence-corrected chi connectivity index (χ3v) is 0. The lowest BCUT2D eigenvalue weighted by Crippen LogP contribution is -0.382. The maximum atomic E-state index is 0. The molecule has 0 aliphatic rings. The van der Waals surface area contributed by atoms with E-state index in [1.807, 2.05) is 0 Å². The second kappa shape index (κ2) is 137. The maximum Gasteiger partial charge on any atom is 0 e. The van der Waals surface area contributed by atoms with Crippen LogP contribution in [-0.4, -0.2) is 25.2 Å². The Bertz CT molecular complexity index is 6.00. The highest BCUT2D eigenvalue weighted by Crippen LogP contribution is 0.692. The number of hydrogen-bond donors (Lipinski definition) is 0. The third kappa shape index (κ3) is 73.8. The van der Waals surface area contributed by atoms with Crippen LogP contribution in [0.1, 0.15) is 0 Å². The first-order valence-electron chi connectivity index (χ1n) is 0. The van der Waals surface area contributed by atoms with Crippen molar-refractivity contribution < 1.29 is 0 Å². The van der Waals surface area contributed by atoms with Gasteiger partial charge < -0.3 is 0 Å². The molecule has 0 aromatic carbocycles. The van der Waals surface area contributed by atoms with Crippen LogP contribution in [0.15, 0.2) is 0 Å². The van der Waals surface area contributed by atoms with Crippen LogP contribution < -0.4 is 0 Å². The molecule has 33 valence electrons. The lowest BCUT2D eigenvalue weighted by Gasteiger charge is -0.148. The van der Waals surface area contributed by atoms with Crippen molar-refractivity contribution in [3.8, 4) is 0 Å². The summed E-state index contributed by atoms with van der Waals surface area (Å²) in [4.78, 5) is 0. The van der Waals surface area contributed by atoms with E-state index < -0.39 is 0 Å². The number of halogens is 3. The largest absolute Gasteiger partial charge is 0.147 e. The van der Waals surface area contributed by atoms with E-state index in [0.717, 1.165) is 0 Å². The standard InChI is InChI=1S/3B.3ClH/h;;;3*1H. The van der Waals surface area contributed by atoms with Crippen LogP contribution in [0.5, 0.6) is 0 Å². The molecular formula is H3B3Cl3. The van der Waals surface area contributed by atoms with Gasteiger partial charge in [-0.2, -0.15) is 0 Å². The molecule has 0 nitrogen and oxygen atoms in total. The van der Waals surface area contributed by atoms with Crippen LogP contribution in [0.4, 0.5) is 0 Å². The smallest absolute Gasteiger partial charge is 0 e. The van der Waals surface area contributed by atoms with Crippen molar-refractivity contribution in [2.75, 3.05) is 0 Å². The van der Waals surface area contributed by atoms with E-state index in [2.05, 4.69) is 0 Å². The molecule has 0 amide bonds. The zero-order valence-corrected chi connectivity index (χ0v) is 5.41. The third-order valence-electron chi connectivity index (χ3n) is 0. The molecular weight excluding hydrogens is 139 g/mol. The Morgan fingerprint density at radius 2 is 0.333 bits per heavy atom. The fourth-order valence-electron chi connectivity index (χ4n) is 0. The fourth-order valence-corrected chi connectivity index (χ4v) is 0. The van der Waals surface area contributed by atoms with Gasteiger partial charge in [0, 0.05) is 25.2 Å². The van der Waals surface area contributed by atoms with Crippen LogP contribution in [0, 0.1) is 0 Å². The molecule has 0 unspecified atom stereocenters. The topological polar surface area (TPSA) is 0 Å². The molecule has 0 saturated carbocycles. The summed E-state index contributed by atoms with van der Waals surface area (Å²) in [6.45, 7) is 0. The summed E-state index contributed by atoms with van der Waals surface area (Å²) in [6, 6.07) is 0. The molecule has 6 heteroatoms. The van der Waals surface area contributed by atoms with Crippen molar-refractivity contribution in [2.45, 2.75) is 0 Å². The molecule has 0 bridgehead atoms. The quantitative estimate of drug-likeness (QED) is 0.421. The molecule has 9 radical (unpaired) electrons. The van der Waals surface area contributed by atoms with Crippen LogP contribution in [0.25, 0.3) is 0 Å². The molecule has 0 saturated heterocycles. The molecule has 0 spiro atoms. The zero-order valence-electron chi connectivity index (χ0n) is 2.96. The van der Waals surface area contributed by atoms with Gasteiger partial charge in [0.2, 0.25) is 0 Å². The first-order chi connectivity index (χ1) is 0. The van der Waals surface area contributed by atoms with Gasteiger partial charge in [0.1, 0.15) is 0 Å². The Kier molecular flexibility index (Phi) is 5240. The van der Waals surface area contributed by atoms with E-state index >= 15 is 0 Å². The van der Waals surface area contributed by atoms with Crippen LogP contribution in [-0.2, 0) is 0 Å². The molecule has 0 N–H and O–H groups in total. The predicted octanol–water partition coefficient (Wildman–Crippen LogP) is 0.123. The van der Waals surface area contributed by atoms with Gasteiger partial charge in [-0.25, -0.2) is 0 Å². The van der Waals surface area contributed by atoms with E-state index in [1.54, 1.807) is 0 Å². The molecule has 0 aromatic rings. The molecule has 6 heavy (non-hydrogen) atoms. The molecule has 0 atom stereocenters. The lowest BCUT2D eigenvalue weighted by atomic mass is 10.8. The number of rotatable bonds is 0. The van der Waals surface area contributed by atoms with Gasteiger partial charge in [-0.1, -0.05) is 0 Å².